The van der Waals surface area contributed by atoms with Crippen molar-refractivity contribution in [2.24, 2.45) is 5.73 Å². The summed E-state index contributed by atoms with van der Waals surface area (Å²) in [6, 6.07) is 5.53. The van der Waals surface area contributed by atoms with Gasteiger partial charge in [0.2, 0.25) is 0 Å². The van der Waals surface area contributed by atoms with Crippen LogP contribution in [0.5, 0.6) is 5.75 Å². The lowest BCUT2D eigenvalue weighted by Crippen LogP contribution is -2.40. The van der Waals surface area contributed by atoms with Crippen molar-refractivity contribution in [1.29, 1.82) is 0 Å². The number of carboxylic acid groups (broad SMARTS) is 1. The van der Waals surface area contributed by atoms with Gasteiger partial charge >= 0.3 is 5.97 Å². The number of amides is 1. The minimum Gasteiger partial charge on any atom is -0.482 e. The Kier molecular flexibility index (Phi) is 4.01. The van der Waals surface area contributed by atoms with Gasteiger partial charge in [0.05, 0.1) is 12.1 Å². The minimum absolute atomic E-state index is 0.0527. The summed E-state index contributed by atoms with van der Waals surface area (Å²) in [6.07, 6.45) is 0.612. The third-order valence-electron chi connectivity index (χ3n) is 2.95. The maximum absolute atomic E-state index is 11.8. The maximum atomic E-state index is 11.8. The average Bonchev–Trinajstić information content (AvgIpc) is 2.37. The summed E-state index contributed by atoms with van der Waals surface area (Å²) in [6.45, 7) is 0.613. The van der Waals surface area contributed by atoms with Crippen LogP contribution in [-0.4, -0.2) is 36.7 Å². The molecule has 0 saturated heterocycles. The number of hydrogen-bond acceptors (Lipinski definition) is 4. The molecule has 1 heterocycles. The number of benzene rings is 1. The van der Waals surface area contributed by atoms with Gasteiger partial charge in [-0.05, 0) is 30.7 Å². The van der Waals surface area contributed by atoms with E-state index in [0.29, 0.717) is 24.4 Å². The molecule has 0 aliphatic carbocycles. The number of aliphatic carboxylic acids is 1. The molecule has 1 aliphatic rings. The van der Waals surface area contributed by atoms with Gasteiger partial charge in [0.1, 0.15) is 5.75 Å². The molecule has 2 rings (SSSR count). The van der Waals surface area contributed by atoms with Crippen LogP contribution in [0.1, 0.15) is 12.0 Å². The lowest BCUT2D eigenvalue weighted by Gasteiger charge is -2.29. The summed E-state index contributed by atoms with van der Waals surface area (Å²) in [5.74, 6) is -0.552. The van der Waals surface area contributed by atoms with Crippen molar-refractivity contribution in [1.82, 2.24) is 0 Å². The molecule has 0 atom stereocenters. The summed E-state index contributed by atoms with van der Waals surface area (Å²) in [5, 5.41) is 8.73. The zero-order chi connectivity index (χ0) is 13.8. The van der Waals surface area contributed by atoms with Gasteiger partial charge in [0.15, 0.2) is 6.61 Å². The van der Waals surface area contributed by atoms with Crippen molar-refractivity contribution >= 4 is 17.6 Å². The zero-order valence-corrected chi connectivity index (χ0v) is 10.5. The Labute approximate surface area is 110 Å². The van der Waals surface area contributed by atoms with E-state index in [9.17, 15) is 9.59 Å². The fourth-order valence-corrected chi connectivity index (χ4v) is 2.02. The third kappa shape index (κ3) is 3.03. The summed E-state index contributed by atoms with van der Waals surface area (Å²) < 4.78 is 5.34. The van der Waals surface area contributed by atoms with Gasteiger partial charge in [-0.3, -0.25) is 9.59 Å². The fourth-order valence-electron chi connectivity index (χ4n) is 2.02. The van der Waals surface area contributed by atoms with Crippen LogP contribution in [-0.2, 0) is 16.0 Å². The maximum Gasteiger partial charge on any atom is 0.305 e. The van der Waals surface area contributed by atoms with Crippen molar-refractivity contribution in [3.63, 3.8) is 0 Å². The molecule has 0 saturated carbocycles. The zero-order valence-electron chi connectivity index (χ0n) is 10.5. The Morgan fingerprint density at radius 1 is 1.47 bits per heavy atom. The molecule has 1 aromatic carbocycles. The first-order chi connectivity index (χ1) is 9.11. The molecule has 0 unspecified atom stereocenters. The molecular weight excluding hydrogens is 248 g/mol. The standard InChI is InChI=1S/C13H16N2O4/c14-5-3-9-1-2-11-10(7-9)15(6-4-13(17)18)12(16)8-19-11/h1-2,7H,3-6,8,14H2,(H,17,18). The summed E-state index contributed by atoms with van der Waals surface area (Å²) in [4.78, 5) is 23.9. The smallest absolute Gasteiger partial charge is 0.305 e. The number of ether oxygens (including phenoxy) is 1. The van der Waals surface area contributed by atoms with Crippen LogP contribution in [0.2, 0.25) is 0 Å². The van der Waals surface area contributed by atoms with Gasteiger partial charge in [-0.2, -0.15) is 0 Å². The highest BCUT2D eigenvalue weighted by Gasteiger charge is 2.25. The Morgan fingerprint density at radius 2 is 2.26 bits per heavy atom. The van der Waals surface area contributed by atoms with Crippen molar-refractivity contribution in [2.45, 2.75) is 12.8 Å². The van der Waals surface area contributed by atoms with E-state index in [2.05, 4.69) is 0 Å². The van der Waals surface area contributed by atoms with Crippen LogP contribution in [0.4, 0.5) is 5.69 Å². The second-order valence-electron chi connectivity index (χ2n) is 4.32. The van der Waals surface area contributed by atoms with Crippen LogP contribution >= 0.6 is 0 Å². The predicted octanol–water partition coefficient (Wildman–Crippen LogP) is 0.388. The van der Waals surface area contributed by atoms with Crippen LogP contribution in [0.25, 0.3) is 0 Å². The number of nitrogens with zero attached hydrogens (tertiary/aromatic N) is 1. The van der Waals surface area contributed by atoms with E-state index >= 15 is 0 Å². The molecule has 0 radical (unpaired) electrons. The van der Waals surface area contributed by atoms with Gasteiger partial charge < -0.3 is 20.5 Å². The second-order valence-corrected chi connectivity index (χ2v) is 4.32. The Bertz CT molecular complexity index is 501. The highest BCUT2D eigenvalue weighted by molar-refractivity contribution is 5.98. The molecule has 6 heteroatoms. The lowest BCUT2D eigenvalue weighted by molar-refractivity contribution is -0.136. The van der Waals surface area contributed by atoms with Gasteiger partial charge in [-0.1, -0.05) is 6.07 Å². The molecule has 0 aromatic heterocycles. The number of carboxylic acids is 1. The number of carbonyl (C=O) groups excluding carboxylic acids is 1. The van der Waals surface area contributed by atoms with E-state index in [0.717, 1.165) is 5.56 Å². The number of anilines is 1. The molecular formula is C13H16N2O4. The Morgan fingerprint density at radius 3 is 2.95 bits per heavy atom. The monoisotopic (exact) mass is 264 g/mol. The van der Waals surface area contributed by atoms with Crippen molar-refractivity contribution in [2.75, 3.05) is 24.6 Å². The van der Waals surface area contributed by atoms with Crippen molar-refractivity contribution < 1.29 is 19.4 Å². The first-order valence-electron chi connectivity index (χ1n) is 6.10. The van der Waals surface area contributed by atoms with Gasteiger partial charge in [0.25, 0.3) is 5.91 Å². The topological polar surface area (TPSA) is 92.9 Å². The molecule has 1 aliphatic heterocycles. The Balaban J connectivity index is 2.27. The van der Waals surface area contributed by atoms with E-state index < -0.39 is 5.97 Å². The van der Waals surface area contributed by atoms with Crippen LogP contribution in [0.15, 0.2) is 18.2 Å². The number of hydrogen-bond donors (Lipinski definition) is 2. The predicted molar refractivity (Wildman–Crippen MR) is 69.3 cm³/mol. The minimum atomic E-state index is -0.932. The first kappa shape index (κ1) is 13.4. The lowest BCUT2D eigenvalue weighted by atomic mass is 10.1. The average molecular weight is 264 g/mol. The van der Waals surface area contributed by atoms with E-state index in [-0.39, 0.29) is 25.5 Å². The SMILES string of the molecule is NCCc1ccc2c(c1)N(CCC(=O)O)C(=O)CO2. The summed E-state index contributed by atoms with van der Waals surface area (Å²) in [5.41, 5.74) is 7.14. The van der Waals surface area contributed by atoms with Crippen molar-refractivity contribution in [3.8, 4) is 5.75 Å². The third-order valence-corrected chi connectivity index (χ3v) is 2.95. The normalized spacial score (nSPS) is 13.9. The molecule has 0 fully saturated rings. The van der Waals surface area contributed by atoms with E-state index in [1.165, 1.54) is 4.90 Å². The first-order valence-corrected chi connectivity index (χ1v) is 6.10. The molecule has 102 valence electrons. The van der Waals surface area contributed by atoms with E-state index in [4.69, 9.17) is 15.6 Å². The number of nitrogens with two attached hydrogens (primary N) is 1. The highest BCUT2D eigenvalue weighted by atomic mass is 16.5. The van der Waals surface area contributed by atoms with Gasteiger partial charge in [0, 0.05) is 6.54 Å². The Hall–Kier alpha value is -2.08. The molecule has 6 nitrogen and oxygen atoms in total. The van der Waals surface area contributed by atoms with Crippen molar-refractivity contribution in [3.05, 3.63) is 23.8 Å². The van der Waals surface area contributed by atoms with Crippen LogP contribution in [0.3, 0.4) is 0 Å². The molecule has 3 N–H and O–H groups in total. The van der Waals surface area contributed by atoms with Gasteiger partial charge in [-0.25, -0.2) is 0 Å². The molecule has 0 spiro atoms. The quantitative estimate of drug-likeness (QED) is 0.802. The number of rotatable bonds is 5. The molecule has 1 amide bonds. The second kappa shape index (κ2) is 5.71. The van der Waals surface area contributed by atoms with E-state index in [1.54, 1.807) is 6.07 Å². The summed E-state index contributed by atoms with van der Waals surface area (Å²) >= 11 is 0. The fraction of sp³-hybridized carbons (Fsp3) is 0.385. The molecule has 19 heavy (non-hydrogen) atoms. The highest BCUT2D eigenvalue weighted by Crippen LogP contribution is 2.33. The number of carbonyl (C=O) groups is 2. The van der Waals surface area contributed by atoms with E-state index in [1.807, 2.05) is 12.1 Å². The molecule has 0 bridgehead atoms. The summed E-state index contributed by atoms with van der Waals surface area (Å²) in [7, 11) is 0. The number of fused-ring (bicyclic) bond motifs is 1. The largest absolute Gasteiger partial charge is 0.482 e. The van der Waals surface area contributed by atoms with Gasteiger partial charge in [-0.15, -0.1) is 0 Å². The molecule has 1 aromatic rings. The van der Waals surface area contributed by atoms with Crippen LogP contribution < -0.4 is 15.4 Å². The van der Waals surface area contributed by atoms with Crippen LogP contribution in [0, 0.1) is 0 Å².